The first kappa shape index (κ1) is 45.0. The first-order chi connectivity index (χ1) is 36.9. The highest BCUT2D eigenvalue weighted by Crippen LogP contribution is 2.51. The predicted molar refractivity (Wildman–Crippen MR) is 314 cm³/mol. The number of rotatable bonds is 6. The summed E-state index contributed by atoms with van der Waals surface area (Å²) < 4.78 is 27.9. The van der Waals surface area contributed by atoms with Gasteiger partial charge in [0.15, 0.2) is 22.5 Å². The first-order valence-corrected chi connectivity index (χ1v) is 27.0. The number of benzene rings is 8. The van der Waals surface area contributed by atoms with Crippen LogP contribution < -0.4 is 25.0 Å². The number of allylic oxidation sites excluding steroid dienone is 5. The van der Waals surface area contributed by atoms with Crippen LogP contribution in [0.1, 0.15) is 95.1 Å². The lowest BCUT2D eigenvalue weighted by atomic mass is 9.74. The van der Waals surface area contributed by atoms with Gasteiger partial charge in [-0.3, -0.25) is 0 Å². The molecule has 3 unspecified atom stereocenters. The Hall–Kier alpha value is -8.48. The Bertz CT molecular complexity index is 4470. The largest absolute Gasteiger partial charge is 0.481 e. The average Bonchev–Trinajstić information content (AvgIpc) is 4.31. The first-order valence-electron chi connectivity index (χ1n) is 27.0. The molecule has 0 spiro atoms. The van der Waals surface area contributed by atoms with Crippen LogP contribution in [0.15, 0.2) is 189 Å². The van der Waals surface area contributed by atoms with Crippen LogP contribution in [0, 0.1) is 5.41 Å². The van der Waals surface area contributed by atoms with Gasteiger partial charge in [-0.2, -0.15) is 0 Å². The molecule has 4 heterocycles. The smallest absolute Gasteiger partial charge is 0.177 e. The molecule has 76 heavy (non-hydrogen) atoms. The lowest BCUT2D eigenvalue weighted by Crippen LogP contribution is -2.34. The molecule has 1 aliphatic heterocycles. The fourth-order valence-electron chi connectivity index (χ4n) is 12.9. The molecular weight excluding hydrogens is 933 g/mol. The van der Waals surface area contributed by atoms with E-state index < -0.39 is 0 Å². The summed E-state index contributed by atoms with van der Waals surface area (Å²) in [7, 11) is 0. The summed E-state index contributed by atoms with van der Waals surface area (Å²) in [5.41, 5.74) is 14.4. The number of anilines is 5. The zero-order valence-electron chi connectivity index (χ0n) is 43.8. The van der Waals surface area contributed by atoms with Crippen LogP contribution in [0.5, 0.6) is 5.75 Å². The topological polar surface area (TPSA) is 55.1 Å². The van der Waals surface area contributed by atoms with Crippen LogP contribution in [0.25, 0.3) is 83.8 Å². The highest BCUT2D eigenvalue weighted by Gasteiger charge is 2.37. The zero-order chi connectivity index (χ0) is 51.2. The summed E-state index contributed by atoms with van der Waals surface area (Å²) in [6, 6.07) is 52.9. The van der Waals surface area contributed by atoms with Crippen LogP contribution in [0.2, 0.25) is 0 Å². The standard InChI is InChI=1S/C70H58N2O4/c1-69(2,3)57-25-13-21-49-51-23-15-27-59(65(51)75-63(49)57)71(45-17-9-7-10-18-45)47-31-29-41-37-55-53-33-34-54-56-38-42-30-32-48(36-44(42)40-62(56)74-68(54)67(53)73-61(55)39-43(41)35-47)72(46-19-11-8-12-20-46)60-28-16-24-52-50-22-14-26-58(70(4,5)6)64(50)76-66(52)60/h7-11,13-19,21-24,26-40,55,57,61H,12,20,25H2,1-6H3. The molecule has 11 aromatic rings. The van der Waals surface area contributed by atoms with Gasteiger partial charge in [0.25, 0.3) is 0 Å². The van der Waals surface area contributed by atoms with Crippen molar-refractivity contribution in [2.24, 2.45) is 5.41 Å². The second-order valence-corrected chi connectivity index (χ2v) is 23.5. The van der Waals surface area contributed by atoms with Gasteiger partial charge in [0.2, 0.25) is 0 Å². The van der Waals surface area contributed by atoms with Crippen molar-refractivity contribution < 1.29 is 18.0 Å². The maximum atomic E-state index is 7.03. The van der Waals surface area contributed by atoms with Crippen molar-refractivity contribution in [1.29, 1.82) is 0 Å². The van der Waals surface area contributed by atoms with Gasteiger partial charge in [-0.15, -0.1) is 0 Å². The average molecular weight is 991 g/mol. The van der Waals surface area contributed by atoms with E-state index in [4.69, 9.17) is 18.0 Å². The van der Waals surface area contributed by atoms with Crippen LogP contribution in [0.4, 0.5) is 28.4 Å². The van der Waals surface area contributed by atoms with E-state index in [2.05, 4.69) is 239 Å². The molecule has 0 radical (unpaired) electrons. The number of hydrogen-bond donors (Lipinski definition) is 0. The molecule has 8 aromatic carbocycles. The quantitative estimate of drug-likeness (QED) is 0.165. The van der Waals surface area contributed by atoms with Crippen molar-refractivity contribution >= 4 is 112 Å². The maximum Gasteiger partial charge on any atom is 0.177 e. The minimum Gasteiger partial charge on any atom is -0.481 e. The minimum atomic E-state index is -0.184. The third-order valence-electron chi connectivity index (χ3n) is 16.7. The Morgan fingerprint density at radius 1 is 0.539 bits per heavy atom. The molecule has 6 nitrogen and oxygen atoms in total. The molecule has 4 aliphatic rings. The lowest BCUT2D eigenvalue weighted by molar-refractivity contribution is 0.283. The van der Waals surface area contributed by atoms with Gasteiger partial charge in [-0.25, -0.2) is 0 Å². The van der Waals surface area contributed by atoms with Gasteiger partial charge >= 0.3 is 0 Å². The molecule has 372 valence electrons. The van der Waals surface area contributed by atoms with E-state index in [1.54, 1.807) is 0 Å². The molecule has 0 bridgehead atoms. The molecule has 3 atom stereocenters. The second kappa shape index (κ2) is 16.5. The third kappa shape index (κ3) is 6.92. The van der Waals surface area contributed by atoms with Crippen molar-refractivity contribution in [3.8, 4) is 5.75 Å². The summed E-state index contributed by atoms with van der Waals surface area (Å²) >= 11 is 0. The lowest BCUT2D eigenvalue weighted by Gasteiger charge is -2.30. The number of hydrogen-bond acceptors (Lipinski definition) is 6. The molecule has 3 aliphatic carbocycles. The normalized spacial score (nSPS) is 17.9. The van der Waals surface area contributed by atoms with E-state index in [9.17, 15) is 0 Å². The highest BCUT2D eigenvalue weighted by atomic mass is 16.5. The van der Waals surface area contributed by atoms with Crippen molar-refractivity contribution in [1.82, 2.24) is 0 Å². The molecule has 15 rings (SSSR count). The van der Waals surface area contributed by atoms with Crippen LogP contribution in [-0.4, -0.2) is 6.10 Å². The van der Waals surface area contributed by atoms with Crippen LogP contribution in [-0.2, 0) is 5.41 Å². The highest BCUT2D eigenvalue weighted by molar-refractivity contribution is 6.13. The molecule has 6 heteroatoms. The Kier molecular flexibility index (Phi) is 9.77. The Balaban J connectivity index is 0.799. The van der Waals surface area contributed by atoms with Crippen LogP contribution in [0.3, 0.4) is 0 Å². The van der Waals surface area contributed by atoms with E-state index in [0.29, 0.717) is 5.92 Å². The number of fused-ring (bicyclic) bond motifs is 15. The van der Waals surface area contributed by atoms with Gasteiger partial charge in [-0.05, 0) is 130 Å². The number of ether oxygens (including phenoxy) is 1. The van der Waals surface area contributed by atoms with Crippen molar-refractivity contribution in [2.45, 2.75) is 84.2 Å². The summed E-state index contributed by atoms with van der Waals surface area (Å²) in [6.45, 7) is 13.7. The van der Waals surface area contributed by atoms with E-state index in [1.165, 1.54) is 22.0 Å². The van der Waals surface area contributed by atoms with E-state index in [1.807, 2.05) is 0 Å². The number of nitrogens with zero attached hydrogens (tertiary/aromatic N) is 2. The van der Waals surface area contributed by atoms with Crippen molar-refractivity contribution in [3.63, 3.8) is 0 Å². The Labute approximate surface area is 441 Å². The fourth-order valence-corrected chi connectivity index (χ4v) is 12.9. The predicted octanol–water partition coefficient (Wildman–Crippen LogP) is 18.2. The SMILES string of the molecule is CC(C)(C)c1cccc2c1oc1c(N(C3=CC=CCC3)c3ccc4cc5c(cc4c3)oc3c4c(ccc35)C3C=c5ccc(N(c6ccccc6)c6cccc7c8c(oc67)C(C(C)(C)C)CC=C8)cc5=CC3O4)cccc12. The van der Waals surface area contributed by atoms with Gasteiger partial charge in [0.1, 0.15) is 23.0 Å². The number of para-hydroxylation sites is 4. The minimum absolute atomic E-state index is 0.0519. The van der Waals surface area contributed by atoms with Crippen LogP contribution >= 0.6 is 0 Å². The molecule has 0 amide bonds. The fraction of sp³-hybridized carbons (Fsp3) is 0.200. The molecule has 0 N–H and O–H groups in total. The van der Waals surface area contributed by atoms with Crippen molar-refractivity contribution in [2.75, 3.05) is 9.80 Å². The Morgan fingerprint density at radius 3 is 2.09 bits per heavy atom. The summed E-state index contributed by atoms with van der Waals surface area (Å²) in [4.78, 5) is 4.74. The third-order valence-corrected chi connectivity index (χ3v) is 16.7. The summed E-state index contributed by atoms with van der Waals surface area (Å²) in [5, 5.41) is 10.1. The van der Waals surface area contributed by atoms with Gasteiger partial charge < -0.3 is 27.8 Å². The second-order valence-electron chi connectivity index (χ2n) is 23.5. The zero-order valence-corrected chi connectivity index (χ0v) is 43.8. The number of furan rings is 3. The van der Waals surface area contributed by atoms with Gasteiger partial charge in [-0.1, -0.05) is 151 Å². The van der Waals surface area contributed by atoms with E-state index in [0.717, 1.165) is 136 Å². The van der Waals surface area contributed by atoms with Gasteiger partial charge in [0.05, 0.1) is 11.4 Å². The molecule has 0 saturated heterocycles. The molecular formula is C70H58N2O4. The molecule has 0 fully saturated rings. The van der Waals surface area contributed by atoms with E-state index in [-0.39, 0.29) is 22.9 Å². The van der Waals surface area contributed by atoms with E-state index >= 15 is 0 Å². The monoisotopic (exact) mass is 990 g/mol. The summed E-state index contributed by atoms with van der Waals surface area (Å²) in [5.74, 6) is 2.26. The molecule has 0 saturated carbocycles. The Morgan fingerprint density at radius 2 is 1.29 bits per heavy atom. The summed E-state index contributed by atoms with van der Waals surface area (Å²) in [6.07, 6.45) is 18.6. The molecule has 3 aromatic heterocycles. The maximum absolute atomic E-state index is 7.03. The van der Waals surface area contributed by atoms with Crippen molar-refractivity contribution in [3.05, 3.63) is 208 Å². The van der Waals surface area contributed by atoms with Gasteiger partial charge in [0, 0.05) is 78.2 Å².